The lowest BCUT2D eigenvalue weighted by Crippen LogP contribution is -2.20. The maximum atomic E-state index is 12.0. The zero-order valence-corrected chi connectivity index (χ0v) is 15.4. The maximum Gasteiger partial charge on any atom is 0.338 e. The lowest BCUT2D eigenvalue weighted by Gasteiger charge is -2.11. The fourth-order valence-corrected chi connectivity index (χ4v) is 2.19. The van der Waals surface area contributed by atoms with Gasteiger partial charge in [-0.1, -0.05) is 12.1 Å². The Bertz CT molecular complexity index is 744. The number of amides is 1. The van der Waals surface area contributed by atoms with Gasteiger partial charge in [-0.2, -0.15) is 0 Å². The first-order chi connectivity index (χ1) is 13.1. The van der Waals surface area contributed by atoms with Gasteiger partial charge in [0.15, 0.2) is 18.1 Å². The molecule has 0 aliphatic carbocycles. The van der Waals surface area contributed by atoms with E-state index < -0.39 is 5.97 Å². The number of hydrogen-bond donors (Lipinski definition) is 1. The van der Waals surface area contributed by atoms with Crippen molar-refractivity contribution in [3.8, 4) is 11.5 Å². The van der Waals surface area contributed by atoms with Gasteiger partial charge in [0, 0.05) is 12.3 Å². The van der Waals surface area contributed by atoms with Crippen molar-refractivity contribution in [3.63, 3.8) is 0 Å². The predicted octanol–water partition coefficient (Wildman–Crippen LogP) is 2.91. The number of para-hydroxylation sites is 2. The summed E-state index contributed by atoms with van der Waals surface area (Å²) in [6.45, 7) is 2.85. The SMILES string of the molecule is CCOCCOC(=O)c1ccc(NC(=O)COc2ccccc2OC)cc1. The highest BCUT2D eigenvalue weighted by atomic mass is 16.6. The summed E-state index contributed by atoms with van der Waals surface area (Å²) in [6, 6.07) is 13.5. The van der Waals surface area contributed by atoms with Gasteiger partial charge in [-0.25, -0.2) is 4.79 Å². The molecule has 0 aliphatic heterocycles. The minimum Gasteiger partial charge on any atom is -0.493 e. The van der Waals surface area contributed by atoms with Crippen LogP contribution >= 0.6 is 0 Å². The zero-order valence-electron chi connectivity index (χ0n) is 15.4. The number of esters is 1. The van der Waals surface area contributed by atoms with Crippen LogP contribution in [0.15, 0.2) is 48.5 Å². The van der Waals surface area contributed by atoms with Gasteiger partial charge in [0.25, 0.3) is 5.91 Å². The third-order valence-electron chi connectivity index (χ3n) is 3.50. The molecule has 0 saturated heterocycles. The summed E-state index contributed by atoms with van der Waals surface area (Å²) < 4.78 is 20.8. The highest BCUT2D eigenvalue weighted by Gasteiger charge is 2.09. The second kappa shape index (κ2) is 10.8. The molecule has 2 aromatic rings. The average Bonchev–Trinajstić information content (AvgIpc) is 2.70. The Balaban J connectivity index is 1.81. The monoisotopic (exact) mass is 373 g/mol. The molecule has 144 valence electrons. The van der Waals surface area contributed by atoms with Crippen LogP contribution in [0.2, 0.25) is 0 Å². The van der Waals surface area contributed by atoms with Crippen molar-refractivity contribution in [1.29, 1.82) is 0 Å². The summed E-state index contributed by atoms with van der Waals surface area (Å²) in [5.41, 5.74) is 0.948. The molecule has 0 fully saturated rings. The highest BCUT2D eigenvalue weighted by molar-refractivity contribution is 5.93. The summed E-state index contributed by atoms with van der Waals surface area (Å²) in [7, 11) is 1.53. The topological polar surface area (TPSA) is 83.1 Å². The fourth-order valence-electron chi connectivity index (χ4n) is 2.19. The molecule has 0 heterocycles. The van der Waals surface area contributed by atoms with Gasteiger partial charge in [0.2, 0.25) is 0 Å². The molecule has 2 rings (SSSR count). The first-order valence-corrected chi connectivity index (χ1v) is 8.54. The molecular weight excluding hydrogens is 350 g/mol. The van der Waals surface area contributed by atoms with E-state index in [0.29, 0.717) is 36.0 Å². The molecule has 0 aliphatic rings. The molecular formula is C20H23NO6. The van der Waals surface area contributed by atoms with Crippen LogP contribution in [-0.4, -0.2) is 45.4 Å². The highest BCUT2D eigenvalue weighted by Crippen LogP contribution is 2.25. The summed E-state index contributed by atoms with van der Waals surface area (Å²) in [6.07, 6.45) is 0. The van der Waals surface area contributed by atoms with Crippen molar-refractivity contribution in [2.45, 2.75) is 6.92 Å². The van der Waals surface area contributed by atoms with Crippen molar-refractivity contribution in [2.75, 3.05) is 38.9 Å². The molecule has 2 aromatic carbocycles. The standard InChI is InChI=1S/C20H23NO6/c1-3-25-12-13-26-20(23)15-8-10-16(11-9-15)21-19(22)14-27-18-7-5-4-6-17(18)24-2/h4-11H,3,12-14H2,1-2H3,(H,21,22). The van der Waals surface area contributed by atoms with Crippen molar-refractivity contribution >= 4 is 17.6 Å². The number of hydrogen-bond acceptors (Lipinski definition) is 6. The Morgan fingerprint density at radius 2 is 1.67 bits per heavy atom. The number of nitrogens with one attached hydrogen (secondary N) is 1. The van der Waals surface area contributed by atoms with Gasteiger partial charge >= 0.3 is 5.97 Å². The minimum atomic E-state index is -0.438. The number of carbonyl (C=O) groups excluding carboxylic acids is 2. The second-order valence-corrected chi connectivity index (χ2v) is 5.40. The lowest BCUT2D eigenvalue weighted by molar-refractivity contribution is -0.118. The van der Waals surface area contributed by atoms with Crippen LogP contribution in [0.1, 0.15) is 17.3 Å². The van der Waals surface area contributed by atoms with Crippen molar-refractivity contribution in [2.24, 2.45) is 0 Å². The lowest BCUT2D eigenvalue weighted by atomic mass is 10.2. The number of methoxy groups -OCH3 is 1. The van der Waals surface area contributed by atoms with E-state index in [2.05, 4.69) is 5.32 Å². The van der Waals surface area contributed by atoms with Gasteiger partial charge in [0.05, 0.1) is 19.3 Å². The second-order valence-electron chi connectivity index (χ2n) is 5.40. The molecule has 27 heavy (non-hydrogen) atoms. The minimum absolute atomic E-state index is 0.165. The van der Waals surface area contributed by atoms with Gasteiger partial charge in [0.1, 0.15) is 6.61 Å². The third-order valence-corrected chi connectivity index (χ3v) is 3.50. The Hall–Kier alpha value is -3.06. The Labute approximate surface area is 158 Å². The molecule has 0 spiro atoms. The third kappa shape index (κ3) is 6.63. The number of carbonyl (C=O) groups is 2. The zero-order chi connectivity index (χ0) is 19.5. The van der Waals surface area contributed by atoms with Crippen LogP contribution in [0, 0.1) is 0 Å². The molecule has 0 unspecified atom stereocenters. The molecule has 0 bridgehead atoms. The number of rotatable bonds is 10. The van der Waals surface area contributed by atoms with E-state index in [9.17, 15) is 9.59 Å². The number of ether oxygens (including phenoxy) is 4. The summed E-state index contributed by atoms with van der Waals surface area (Å²) in [4.78, 5) is 23.9. The normalized spacial score (nSPS) is 10.1. The van der Waals surface area contributed by atoms with E-state index in [4.69, 9.17) is 18.9 Å². The van der Waals surface area contributed by atoms with Crippen LogP contribution < -0.4 is 14.8 Å². The van der Waals surface area contributed by atoms with Gasteiger partial charge in [-0.3, -0.25) is 4.79 Å². The molecule has 0 aromatic heterocycles. The summed E-state index contributed by atoms with van der Waals surface area (Å²) in [5.74, 6) is 0.276. The molecule has 1 N–H and O–H groups in total. The van der Waals surface area contributed by atoms with Crippen LogP contribution in [0.3, 0.4) is 0 Å². The Kier molecular flexibility index (Phi) is 8.12. The largest absolute Gasteiger partial charge is 0.493 e. The van der Waals surface area contributed by atoms with Crippen LogP contribution in [0.25, 0.3) is 0 Å². The van der Waals surface area contributed by atoms with Crippen molar-refractivity contribution in [1.82, 2.24) is 0 Å². The quantitative estimate of drug-likeness (QED) is 0.509. The number of anilines is 1. The first-order valence-electron chi connectivity index (χ1n) is 8.54. The predicted molar refractivity (Wildman–Crippen MR) is 100 cm³/mol. The fraction of sp³-hybridized carbons (Fsp3) is 0.300. The van der Waals surface area contributed by atoms with E-state index in [1.54, 1.807) is 42.5 Å². The van der Waals surface area contributed by atoms with Crippen LogP contribution in [0.5, 0.6) is 11.5 Å². The molecule has 7 nitrogen and oxygen atoms in total. The molecule has 0 saturated carbocycles. The summed E-state index contributed by atoms with van der Waals surface area (Å²) in [5, 5.41) is 2.70. The number of benzene rings is 2. The van der Waals surface area contributed by atoms with Gasteiger partial charge in [-0.15, -0.1) is 0 Å². The van der Waals surface area contributed by atoms with Crippen LogP contribution in [-0.2, 0) is 14.3 Å². The molecule has 1 amide bonds. The van der Waals surface area contributed by atoms with Gasteiger partial charge < -0.3 is 24.3 Å². The van der Waals surface area contributed by atoms with E-state index in [1.807, 2.05) is 13.0 Å². The smallest absolute Gasteiger partial charge is 0.338 e. The van der Waals surface area contributed by atoms with E-state index in [0.717, 1.165) is 0 Å². The molecule has 0 atom stereocenters. The molecule has 7 heteroatoms. The Morgan fingerprint density at radius 1 is 0.963 bits per heavy atom. The maximum absolute atomic E-state index is 12.0. The summed E-state index contributed by atoms with van der Waals surface area (Å²) >= 11 is 0. The van der Waals surface area contributed by atoms with E-state index in [-0.39, 0.29) is 19.1 Å². The van der Waals surface area contributed by atoms with Crippen molar-refractivity contribution in [3.05, 3.63) is 54.1 Å². The average molecular weight is 373 g/mol. The van der Waals surface area contributed by atoms with E-state index >= 15 is 0 Å². The molecule has 0 radical (unpaired) electrons. The van der Waals surface area contributed by atoms with Crippen molar-refractivity contribution < 1.29 is 28.5 Å². The Morgan fingerprint density at radius 3 is 2.33 bits per heavy atom. The van der Waals surface area contributed by atoms with E-state index in [1.165, 1.54) is 7.11 Å². The first kappa shape index (κ1) is 20.3. The van der Waals surface area contributed by atoms with Gasteiger partial charge in [-0.05, 0) is 43.3 Å². The van der Waals surface area contributed by atoms with Crippen LogP contribution in [0.4, 0.5) is 5.69 Å².